The van der Waals surface area contributed by atoms with Crippen LogP contribution in [0.15, 0.2) is 54.6 Å². The molecule has 0 saturated carbocycles. The molecule has 1 heterocycles. The van der Waals surface area contributed by atoms with Crippen LogP contribution in [-0.4, -0.2) is 23.2 Å². The first-order valence-electron chi connectivity index (χ1n) is 6.46. The standard InChI is InChI=1S/C17H13NO3/c1-21-17(20)16-15(19)9-8-14(18-16)13-7-6-11-4-2-3-5-12(11)10-13/h2-10,19H,1H3. The maximum Gasteiger partial charge on any atom is 0.360 e. The van der Waals surface area contributed by atoms with Crippen LogP contribution in [0.4, 0.5) is 0 Å². The smallest absolute Gasteiger partial charge is 0.360 e. The van der Waals surface area contributed by atoms with Gasteiger partial charge in [0.05, 0.1) is 12.8 Å². The van der Waals surface area contributed by atoms with Crippen LogP contribution < -0.4 is 0 Å². The minimum Gasteiger partial charge on any atom is -0.505 e. The zero-order valence-corrected chi connectivity index (χ0v) is 11.4. The van der Waals surface area contributed by atoms with Gasteiger partial charge < -0.3 is 9.84 Å². The van der Waals surface area contributed by atoms with Crippen molar-refractivity contribution in [2.75, 3.05) is 7.11 Å². The number of pyridine rings is 1. The first-order chi connectivity index (χ1) is 10.2. The van der Waals surface area contributed by atoms with E-state index in [-0.39, 0.29) is 11.4 Å². The van der Waals surface area contributed by atoms with Crippen molar-refractivity contribution in [1.82, 2.24) is 4.98 Å². The van der Waals surface area contributed by atoms with E-state index >= 15 is 0 Å². The lowest BCUT2D eigenvalue weighted by molar-refractivity contribution is 0.0590. The number of aromatic nitrogens is 1. The molecule has 0 aliphatic heterocycles. The number of nitrogens with zero attached hydrogens (tertiary/aromatic N) is 1. The maximum absolute atomic E-state index is 11.6. The molecule has 0 aliphatic carbocycles. The van der Waals surface area contributed by atoms with Crippen molar-refractivity contribution in [3.05, 3.63) is 60.3 Å². The summed E-state index contributed by atoms with van der Waals surface area (Å²) < 4.78 is 4.62. The van der Waals surface area contributed by atoms with Gasteiger partial charge >= 0.3 is 5.97 Å². The molecule has 0 bridgehead atoms. The van der Waals surface area contributed by atoms with Crippen LogP contribution >= 0.6 is 0 Å². The second-order valence-corrected chi connectivity index (χ2v) is 4.62. The summed E-state index contributed by atoms with van der Waals surface area (Å²) in [6, 6.07) is 17.0. The Bertz CT molecular complexity index is 827. The number of esters is 1. The number of carbonyl (C=O) groups is 1. The van der Waals surface area contributed by atoms with Crippen molar-refractivity contribution in [3.8, 4) is 17.0 Å². The summed E-state index contributed by atoms with van der Waals surface area (Å²) in [5.74, 6) is -0.846. The molecule has 4 heteroatoms. The molecular formula is C17H13NO3. The number of hydrogen-bond donors (Lipinski definition) is 1. The highest BCUT2D eigenvalue weighted by molar-refractivity contribution is 5.91. The van der Waals surface area contributed by atoms with Gasteiger partial charge in [-0.15, -0.1) is 0 Å². The molecule has 21 heavy (non-hydrogen) atoms. The van der Waals surface area contributed by atoms with Crippen molar-refractivity contribution in [2.24, 2.45) is 0 Å². The van der Waals surface area contributed by atoms with Gasteiger partial charge in [-0.1, -0.05) is 36.4 Å². The van der Waals surface area contributed by atoms with Gasteiger partial charge in [0.15, 0.2) is 5.69 Å². The third kappa shape index (κ3) is 2.43. The Balaban J connectivity index is 2.12. The molecule has 0 radical (unpaired) electrons. The lowest BCUT2D eigenvalue weighted by Gasteiger charge is -2.07. The van der Waals surface area contributed by atoms with Crippen molar-refractivity contribution >= 4 is 16.7 Å². The van der Waals surface area contributed by atoms with E-state index in [1.807, 2.05) is 42.5 Å². The summed E-state index contributed by atoms with van der Waals surface area (Å²) in [5, 5.41) is 11.9. The van der Waals surface area contributed by atoms with Crippen molar-refractivity contribution < 1.29 is 14.6 Å². The van der Waals surface area contributed by atoms with E-state index in [4.69, 9.17) is 0 Å². The van der Waals surface area contributed by atoms with Crippen LogP contribution in [0.3, 0.4) is 0 Å². The third-order valence-corrected chi connectivity index (χ3v) is 3.30. The molecule has 0 atom stereocenters. The fraction of sp³-hybridized carbons (Fsp3) is 0.0588. The highest BCUT2D eigenvalue weighted by Crippen LogP contribution is 2.26. The average molecular weight is 279 g/mol. The van der Waals surface area contributed by atoms with Gasteiger partial charge in [0, 0.05) is 5.56 Å². The summed E-state index contributed by atoms with van der Waals surface area (Å²) >= 11 is 0. The quantitative estimate of drug-likeness (QED) is 0.730. The molecule has 3 aromatic rings. The Morgan fingerprint density at radius 1 is 1.05 bits per heavy atom. The molecule has 104 valence electrons. The lowest BCUT2D eigenvalue weighted by Crippen LogP contribution is -2.05. The van der Waals surface area contributed by atoms with Crippen LogP contribution in [0.1, 0.15) is 10.5 Å². The highest BCUT2D eigenvalue weighted by atomic mass is 16.5. The molecular weight excluding hydrogens is 266 g/mol. The van der Waals surface area contributed by atoms with E-state index in [0.29, 0.717) is 5.69 Å². The van der Waals surface area contributed by atoms with Crippen LogP contribution in [0.25, 0.3) is 22.0 Å². The number of benzene rings is 2. The second-order valence-electron chi connectivity index (χ2n) is 4.62. The van der Waals surface area contributed by atoms with E-state index in [9.17, 15) is 9.90 Å². The predicted molar refractivity (Wildman–Crippen MR) is 80.2 cm³/mol. The summed E-state index contributed by atoms with van der Waals surface area (Å²) in [6.45, 7) is 0. The molecule has 1 aromatic heterocycles. The third-order valence-electron chi connectivity index (χ3n) is 3.30. The van der Waals surface area contributed by atoms with Crippen molar-refractivity contribution in [2.45, 2.75) is 0 Å². The number of hydrogen-bond acceptors (Lipinski definition) is 4. The second kappa shape index (κ2) is 5.25. The van der Waals surface area contributed by atoms with Gasteiger partial charge in [-0.2, -0.15) is 0 Å². The molecule has 1 N–H and O–H groups in total. The lowest BCUT2D eigenvalue weighted by atomic mass is 10.0. The monoisotopic (exact) mass is 279 g/mol. The van der Waals surface area contributed by atoms with E-state index < -0.39 is 5.97 Å². The first-order valence-corrected chi connectivity index (χ1v) is 6.46. The van der Waals surface area contributed by atoms with Crippen LogP contribution in [0.2, 0.25) is 0 Å². The summed E-state index contributed by atoms with van der Waals surface area (Å²) in [4.78, 5) is 15.8. The maximum atomic E-state index is 11.6. The van der Waals surface area contributed by atoms with Crippen molar-refractivity contribution in [1.29, 1.82) is 0 Å². The molecule has 0 fully saturated rings. The molecule has 0 amide bonds. The van der Waals surface area contributed by atoms with E-state index in [2.05, 4.69) is 9.72 Å². The number of rotatable bonds is 2. The Labute approximate surface area is 121 Å². The minimum absolute atomic E-state index is 0.0804. The average Bonchev–Trinajstić information content (AvgIpc) is 2.54. The summed E-state index contributed by atoms with van der Waals surface area (Å²) in [7, 11) is 1.26. The van der Waals surface area contributed by atoms with Gasteiger partial charge in [0.25, 0.3) is 0 Å². The normalized spacial score (nSPS) is 10.5. The molecule has 0 aliphatic rings. The number of fused-ring (bicyclic) bond motifs is 1. The zero-order chi connectivity index (χ0) is 14.8. The zero-order valence-electron chi connectivity index (χ0n) is 11.4. The molecule has 0 unspecified atom stereocenters. The molecule has 0 saturated heterocycles. The van der Waals surface area contributed by atoms with Crippen LogP contribution in [0.5, 0.6) is 5.75 Å². The van der Waals surface area contributed by atoms with Crippen LogP contribution in [-0.2, 0) is 4.74 Å². The fourth-order valence-corrected chi connectivity index (χ4v) is 2.21. The minimum atomic E-state index is -0.657. The van der Waals surface area contributed by atoms with E-state index in [1.54, 1.807) is 6.07 Å². The first kappa shape index (κ1) is 13.1. The SMILES string of the molecule is COC(=O)c1nc(-c2ccc3ccccc3c2)ccc1O. The van der Waals surface area contributed by atoms with Crippen LogP contribution in [0, 0.1) is 0 Å². The number of ether oxygens (including phenoxy) is 1. The fourth-order valence-electron chi connectivity index (χ4n) is 2.21. The van der Waals surface area contributed by atoms with Gasteiger partial charge in [-0.25, -0.2) is 9.78 Å². The van der Waals surface area contributed by atoms with Gasteiger partial charge in [-0.3, -0.25) is 0 Å². The Morgan fingerprint density at radius 3 is 2.57 bits per heavy atom. The topological polar surface area (TPSA) is 59.4 Å². The van der Waals surface area contributed by atoms with E-state index in [1.165, 1.54) is 13.2 Å². The number of aromatic hydroxyl groups is 1. The Kier molecular flexibility index (Phi) is 3.28. The van der Waals surface area contributed by atoms with Gasteiger partial charge in [0.1, 0.15) is 5.75 Å². The molecule has 3 rings (SSSR count). The molecule has 0 spiro atoms. The Morgan fingerprint density at radius 2 is 1.81 bits per heavy atom. The largest absolute Gasteiger partial charge is 0.505 e. The number of methoxy groups -OCH3 is 1. The Hall–Kier alpha value is -2.88. The molecule has 4 nitrogen and oxygen atoms in total. The highest BCUT2D eigenvalue weighted by Gasteiger charge is 2.15. The summed E-state index contributed by atoms with van der Waals surface area (Å²) in [5.41, 5.74) is 1.40. The van der Waals surface area contributed by atoms with Crippen molar-refractivity contribution in [3.63, 3.8) is 0 Å². The van der Waals surface area contributed by atoms with Gasteiger partial charge in [0.2, 0.25) is 0 Å². The predicted octanol–water partition coefficient (Wildman–Crippen LogP) is 3.39. The molecule has 2 aromatic carbocycles. The summed E-state index contributed by atoms with van der Waals surface area (Å²) in [6.07, 6.45) is 0. The van der Waals surface area contributed by atoms with E-state index in [0.717, 1.165) is 16.3 Å². The number of carbonyl (C=O) groups excluding carboxylic acids is 1. The van der Waals surface area contributed by atoms with Gasteiger partial charge in [-0.05, 0) is 29.0 Å².